The second-order valence-electron chi connectivity index (χ2n) is 3.28. The van der Waals surface area contributed by atoms with Crippen molar-refractivity contribution in [2.45, 2.75) is 30.9 Å². The van der Waals surface area contributed by atoms with Crippen LogP contribution in [-0.4, -0.2) is 35.1 Å². The minimum absolute atomic E-state index is 0.284. The molecule has 0 aliphatic rings. The van der Waals surface area contributed by atoms with Gasteiger partial charge in [0, 0.05) is 5.25 Å². The van der Waals surface area contributed by atoms with E-state index in [-0.39, 0.29) is 6.42 Å². The Balaban J connectivity index is 4.61. The molecule has 13 heavy (non-hydrogen) atoms. The minimum atomic E-state index is -4.53. The maximum Gasteiger partial charge on any atom is 0.415 e. The van der Waals surface area contributed by atoms with E-state index < -0.39 is 26.6 Å². The number of aliphatic hydroxyl groups excluding tert-OH is 1. The lowest BCUT2D eigenvalue weighted by molar-refractivity contribution is -0.203. The molecule has 1 N–H and O–H groups in total. The first-order chi connectivity index (χ1) is 5.60. The third-order valence-electron chi connectivity index (χ3n) is 1.83. The first-order valence-corrected chi connectivity index (χ1v) is 7.36. The standard InChI is InChI=1S/C7H15F3OS2/c1-4-5(13(2,3)12)6(11)7(8,9)10/h5-6,11-12H,4H2,1-3H3. The molecular weight excluding hydrogens is 221 g/mol. The van der Waals surface area contributed by atoms with Gasteiger partial charge in [0.1, 0.15) is 0 Å². The Morgan fingerprint density at radius 1 is 1.38 bits per heavy atom. The molecule has 0 aromatic carbocycles. The summed E-state index contributed by atoms with van der Waals surface area (Å²) >= 11 is 4.12. The van der Waals surface area contributed by atoms with Crippen molar-refractivity contribution in [2.24, 2.45) is 0 Å². The molecule has 0 aliphatic heterocycles. The van der Waals surface area contributed by atoms with Crippen molar-refractivity contribution in [3.63, 3.8) is 0 Å². The van der Waals surface area contributed by atoms with Crippen LogP contribution in [0.2, 0.25) is 0 Å². The molecule has 0 spiro atoms. The van der Waals surface area contributed by atoms with Gasteiger partial charge in [-0.25, -0.2) is 0 Å². The van der Waals surface area contributed by atoms with Gasteiger partial charge < -0.3 is 5.11 Å². The van der Waals surface area contributed by atoms with Crippen molar-refractivity contribution >= 4 is 20.7 Å². The van der Waals surface area contributed by atoms with Gasteiger partial charge >= 0.3 is 6.18 Å². The predicted molar refractivity (Wildman–Crippen MR) is 54.6 cm³/mol. The highest BCUT2D eigenvalue weighted by atomic mass is 33.1. The van der Waals surface area contributed by atoms with E-state index in [0.29, 0.717) is 0 Å². The van der Waals surface area contributed by atoms with Crippen molar-refractivity contribution < 1.29 is 18.3 Å². The Bertz CT molecular complexity index is 164. The molecule has 0 fully saturated rings. The van der Waals surface area contributed by atoms with Gasteiger partial charge in [-0.2, -0.15) is 22.2 Å². The largest absolute Gasteiger partial charge is 0.415 e. The quantitative estimate of drug-likeness (QED) is 0.570. The summed E-state index contributed by atoms with van der Waals surface area (Å²) in [6.45, 7) is 1.63. The highest BCUT2D eigenvalue weighted by molar-refractivity contribution is 8.87. The Kier molecular flexibility index (Phi) is 4.46. The third-order valence-corrected chi connectivity index (χ3v) is 4.72. The zero-order valence-electron chi connectivity index (χ0n) is 7.80. The van der Waals surface area contributed by atoms with Crippen LogP contribution in [0.4, 0.5) is 13.2 Å². The number of rotatable bonds is 3. The summed E-state index contributed by atoms with van der Waals surface area (Å²) in [5.74, 6) is 0. The summed E-state index contributed by atoms with van der Waals surface area (Å²) in [6.07, 6.45) is -3.20. The van der Waals surface area contributed by atoms with Crippen LogP contribution >= 0.6 is 20.7 Å². The number of thiol groups is 1. The highest BCUT2D eigenvalue weighted by Crippen LogP contribution is 2.54. The summed E-state index contributed by atoms with van der Waals surface area (Å²) in [5.41, 5.74) is 0. The number of hydrogen-bond acceptors (Lipinski definition) is 2. The zero-order valence-corrected chi connectivity index (χ0v) is 9.51. The van der Waals surface area contributed by atoms with Gasteiger partial charge in [-0.1, -0.05) is 6.92 Å². The monoisotopic (exact) mass is 236 g/mol. The average Bonchev–Trinajstić information content (AvgIpc) is 1.83. The van der Waals surface area contributed by atoms with Crippen LogP contribution in [0.5, 0.6) is 0 Å². The molecular formula is C7H15F3OS2. The predicted octanol–water partition coefficient (Wildman–Crippen LogP) is 2.60. The first kappa shape index (κ1) is 13.4. The third kappa shape index (κ3) is 3.99. The molecule has 0 amide bonds. The van der Waals surface area contributed by atoms with Gasteiger partial charge in [0.05, 0.1) is 0 Å². The maximum atomic E-state index is 12.1. The fourth-order valence-electron chi connectivity index (χ4n) is 1.16. The molecule has 0 bridgehead atoms. The fourth-order valence-corrected chi connectivity index (χ4v) is 3.55. The van der Waals surface area contributed by atoms with Gasteiger partial charge in [0.15, 0.2) is 6.10 Å². The van der Waals surface area contributed by atoms with Crippen molar-refractivity contribution in [3.05, 3.63) is 0 Å². The SMILES string of the molecule is CCC(C(O)C(F)(F)F)S(C)(C)S. The van der Waals surface area contributed by atoms with E-state index in [1.165, 1.54) is 0 Å². The maximum absolute atomic E-state index is 12.1. The van der Waals surface area contributed by atoms with E-state index in [1.807, 2.05) is 0 Å². The second-order valence-corrected chi connectivity index (χ2v) is 9.41. The number of hydrogen-bond donors (Lipinski definition) is 2. The summed E-state index contributed by atoms with van der Waals surface area (Å²) in [4.78, 5) is 0. The van der Waals surface area contributed by atoms with Gasteiger partial charge in [-0.15, -0.1) is 11.7 Å². The first-order valence-electron chi connectivity index (χ1n) is 3.80. The Morgan fingerprint density at radius 2 is 1.77 bits per heavy atom. The Labute approximate surface area is 82.8 Å². The summed E-state index contributed by atoms with van der Waals surface area (Å²) in [5, 5.41) is 8.23. The summed E-state index contributed by atoms with van der Waals surface area (Å²) in [7, 11) is -1.67. The minimum Gasteiger partial charge on any atom is -0.383 e. The molecule has 6 heteroatoms. The van der Waals surface area contributed by atoms with Crippen LogP contribution in [-0.2, 0) is 0 Å². The van der Waals surface area contributed by atoms with Crippen molar-refractivity contribution in [1.29, 1.82) is 0 Å². The normalized spacial score (nSPS) is 19.7. The molecule has 82 valence electrons. The molecule has 0 rings (SSSR count). The van der Waals surface area contributed by atoms with Gasteiger partial charge in [0.2, 0.25) is 0 Å². The van der Waals surface area contributed by atoms with Gasteiger partial charge in [-0.05, 0) is 18.9 Å². The lowest BCUT2D eigenvalue weighted by atomic mass is 10.2. The zero-order chi connectivity index (χ0) is 10.9. The number of aliphatic hydroxyl groups is 1. The molecule has 0 saturated heterocycles. The Morgan fingerprint density at radius 3 is 1.85 bits per heavy atom. The Hall–Kier alpha value is 0.450. The van der Waals surface area contributed by atoms with Gasteiger partial charge in [0.25, 0.3) is 0 Å². The molecule has 0 radical (unpaired) electrons. The van der Waals surface area contributed by atoms with E-state index >= 15 is 0 Å². The summed E-state index contributed by atoms with van der Waals surface area (Å²) in [6, 6.07) is 0. The number of halogens is 3. The summed E-state index contributed by atoms with van der Waals surface area (Å²) < 4.78 is 36.4. The molecule has 2 atom stereocenters. The van der Waals surface area contributed by atoms with E-state index in [2.05, 4.69) is 11.7 Å². The topological polar surface area (TPSA) is 20.2 Å². The molecule has 0 saturated carbocycles. The highest BCUT2D eigenvalue weighted by Gasteiger charge is 2.45. The lowest BCUT2D eigenvalue weighted by Crippen LogP contribution is -2.40. The smallest absolute Gasteiger partial charge is 0.383 e. The average molecular weight is 236 g/mol. The molecule has 0 aromatic rings. The second kappa shape index (κ2) is 4.31. The van der Waals surface area contributed by atoms with Crippen LogP contribution in [0, 0.1) is 0 Å². The van der Waals surface area contributed by atoms with Crippen molar-refractivity contribution in [1.82, 2.24) is 0 Å². The van der Waals surface area contributed by atoms with E-state index in [4.69, 9.17) is 5.11 Å². The lowest BCUT2D eigenvalue weighted by Gasteiger charge is -2.37. The fraction of sp³-hybridized carbons (Fsp3) is 1.00. The molecule has 0 heterocycles. The van der Waals surface area contributed by atoms with Crippen molar-refractivity contribution in [2.75, 3.05) is 12.5 Å². The number of alkyl halides is 3. The molecule has 1 nitrogen and oxygen atoms in total. The van der Waals surface area contributed by atoms with E-state index in [9.17, 15) is 13.2 Å². The van der Waals surface area contributed by atoms with Crippen LogP contribution in [0.1, 0.15) is 13.3 Å². The van der Waals surface area contributed by atoms with Crippen LogP contribution in [0.25, 0.3) is 0 Å². The van der Waals surface area contributed by atoms with Gasteiger partial charge in [-0.3, -0.25) is 0 Å². The van der Waals surface area contributed by atoms with Crippen molar-refractivity contribution in [3.8, 4) is 0 Å². The van der Waals surface area contributed by atoms with E-state index in [0.717, 1.165) is 0 Å². The van der Waals surface area contributed by atoms with Crippen LogP contribution in [0.3, 0.4) is 0 Å². The molecule has 2 unspecified atom stereocenters. The molecule has 0 aliphatic carbocycles. The van der Waals surface area contributed by atoms with E-state index in [1.54, 1.807) is 19.4 Å². The van der Waals surface area contributed by atoms with Crippen LogP contribution in [0.15, 0.2) is 0 Å². The molecule has 0 aromatic heterocycles. The van der Waals surface area contributed by atoms with Crippen LogP contribution < -0.4 is 0 Å².